The third-order valence-electron chi connectivity index (χ3n) is 3.87. The van der Waals surface area contributed by atoms with Crippen LogP contribution in [-0.4, -0.2) is 35.6 Å². The quantitative estimate of drug-likeness (QED) is 0.638. The number of amides is 1. The molecular weight excluding hydrogens is 232 g/mol. The first-order chi connectivity index (χ1) is 8.54. The normalized spacial score (nSPS) is 24.8. The van der Waals surface area contributed by atoms with Gasteiger partial charge in [0.05, 0.1) is 5.54 Å². The zero-order valence-corrected chi connectivity index (χ0v) is 11.3. The molecule has 1 heterocycles. The molecule has 0 aromatic rings. The molecule has 1 rings (SSSR count). The van der Waals surface area contributed by atoms with E-state index in [0.717, 1.165) is 32.2 Å². The fourth-order valence-electron chi connectivity index (χ4n) is 2.48. The number of carboxylic acids is 1. The van der Waals surface area contributed by atoms with E-state index >= 15 is 0 Å². The van der Waals surface area contributed by atoms with Crippen molar-refractivity contribution < 1.29 is 14.7 Å². The van der Waals surface area contributed by atoms with Gasteiger partial charge >= 0.3 is 5.97 Å². The first-order valence-corrected chi connectivity index (χ1v) is 6.79. The number of nitrogens with one attached hydrogen (secondary N) is 2. The highest BCUT2D eigenvalue weighted by molar-refractivity contribution is 5.86. The third-order valence-corrected chi connectivity index (χ3v) is 3.87. The lowest BCUT2D eigenvalue weighted by Crippen LogP contribution is -2.53. The van der Waals surface area contributed by atoms with E-state index in [4.69, 9.17) is 5.11 Å². The van der Waals surface area contributed by atoms with Crippen molar-refractivity contribution in [3.8, 4) is 0 Å². The van der Waals surface area contributed by atoms with E-state index in [1.54, 1.807) is 0 Å². The van der Waals surface area contributed by atoms with E-state index in [-0.39, 0.29) is 18.2 Å². The summed E-state index contributed by atoms with van der Waals surface area (Å²) in [5.74, 6) is -0.770. The summed E-state index contributed by atoms with van der Waals surface area (Å²) >= 11 is 0. The van der Waals surface area contributed by atoms with Crippen LogP contribution in [0.2, 0.25) is 0 Å². The van der Waals surface area contributed by atoms with E-state index in [9.17, 15) is 9.59 Å². The monoisotopic (exact) mass is 256 g/mol. The zero-order chi connectivity index (χ0) is 13.6. The number of rotatable bonds is 7. The lowest BCUT2D eigenvalue weighted by Gasteiger charge is -2.27. The molecule has 0 aromatic heterocycles. The maximum Gasteiger partial charge on any atom is 0.303 e. The Morgan fingerprint density at radius 1 is 1.44 bits per heavy atom. The minimum atomic E-state index is -0.805. The molecule has 18 heavy (non-hydrogen) atoms. The molecule has 104 valence electrons. The van der Waals surface area contributed by atoms with E-state index < -0.39 is 11.5 Å². The summed E-state index contributed by atoms with van der Waals surface area (Å²) < 4.78 is 0. The zero-order valence-electron chi connectivity index (χ0n) is 11.3. The predicted molar refractivity (Wildman–Crippen MR) is 69.3 cm³/mol. The second-order valence-corrected chi connectivity index (χ2v) is 5.05. The van der Waals surface area contributed by atoms with Crippen LogP contribution in [0.25, 0.3) is 0 Å². The van der Waals surface area contributed by atoms with Crippen LogP contribution in [0.15, 0.2) is 0 Å². The standard InChI is InChI=1S/C13H24N2O3/c1-3-10(8-11(16)17)9-14-12(18)13(4-2)6-5-7-15-13/h10,15H,3-9H2,1-2H3,(H,14,18)(H,16,17). The molecule has 2 unspecified atom stereocenters. The van der Waals surface area contributed by atoms with Crippen molar-refractivity contribution in [2.24, 2.45) is 5.92 Å². The summed E-state index contributed by atoms with van der Waals surface area (Å²) in [6.07, 6.45) is 3.54. The van der Waals surface area contributed by atoms with Crippen LogP contribution < -0.4 is 10.6 Å². The Balaban J connectivity index is 2.46. The molecule has 3 N–H and O–H groups in total. The van der Waals surface area contributed by atoms with Crippen molar-refractivity contribution in [1.82, 2.24) is 10.6 Å². The van der Waals surface area contributed by atoms with Crippen molar-refractivity contribution >= 4 is 11.9 Å². The molecule has 1 aliphatic heterocycles. The molecule has 0 aromatic carbocycles. The number of hydrogen-bond acceptors (Lipinski definition) is 3. The van der Waals surface area contributed by atoms with Crippen LogP contribution in [-0.2, 0) is 9.59 Å². The Morgan fingerprint density at radius 3 is 2.61 bits per heavy atom. The Bertz CT molecular complexity index is 299. The van der Waals surface area contributed by atoms with Crippen LogP contribution in [0, 0.1) is 5.92 Å². The summed E-state index contributed by atoms with van der Waals surface area (Å²) in [6.45, 7) is 5.29. The van der Waals surface area contributed by atoms with Crippen LogP contribution in [0.5, 0.6) is 0 Å². The molecule has 0 spiro atoms. The molecule has 5 nitrogen and oxygen atoms in total. The molecule has 0 bridgehead atoms. The van der Waals surface area contributed by atoms with Gasteiger partial charge in [-0.3, -0.25) is 9.59 Å². The first kappa shape index (κ1) is 15.0. The summed E-state index contributed by atoms with van der Waals surface area (Å²) in [4.78, 5) is 22.8. The maximum absolute atomic E-state index is 12.2. The number of carboxylic acid groups (broad SMARTS) is 1. The number of carbonyl (C=O) groups excluding carboxylic acids is 1. The van der Waals surface area contributed by atoms with Crippen molar-refractivity contribution in [2.45, 2.75) is 51.5 Å². The highest BCUT2D eigenvalue weighted by Gasteiger charge is 2.38. The topological polar surface area (TPSA) is 78.4 Å². The number of aliphatic carboxylic acids is 1. The van der Waals surface area contributed by atoms with E-state index in [1.807, 2.05) is 13.8 Å². The highest BCUT2D eigenvalue weighted by Crippen LogP contribution is 2.23. The SMILES string of the molecule is CCC(CNC(=O)C1(CC)CCCN1)CC(=O)O. The molecule has 1 fully saturated rings. The van der Waals surface area contributed by atoms with Gasteiger partial charge in [0.1, 0.15) is 0 Å². The number of carbonyl (C=O) groups is 2. The summed E-state index contributed by atoms with van der Waals surface area (Å²) in [5, 5.41) is 14.9. The largest absolute Gasteiger partial charge is 0.481 e. The summed E-state index contributed by atoms with van der Waals surface area (Å²) in [7, 11) is 0. The Morgan fingerprint density at radius 2 is 2.17 bits per heavy atom. The van der Waals surface area contributed by atoms with Crippen molar-refractivity contribution in [2.75, 3.05) is 13.1 Å². The molecule has 2 atom stereocenters. The Hall–Kier alpha value is -1.10. The second kappa shape index (κ2) is 6.73. The van der Waals surface area contributed by atoms with Gasteiger partial charge in [0, 0.05) is 13.0 Å². The first-order valence-electron chi connectivity index (χ1n) is 6.79. The van der Waals surface area contributed by atoms with Gasteiger partial charge in [0.25, 0.3) is 0 Å². The summed E-state index contributed by atoms with van der Waals surface area (Å²) in [6, 6.07) is 0. The average Bonchev–Trinajstić information content (AvgIpc) is 2.83. The van der Waals surface area contributed by atoms with Crippen LogP contribution >= 0.6 is 0 Å². The molecule has 1 aliphatic rings. The van der Waals surface area contributed by atoms with E-state index in [2.05, 4.69) is 10.6 Å². The lowest BCUT2D eigenvalue weighted by molar-refractivity contribution is -0.138. The van der Waals surface area contributed by atoms with Crippen LogP contribution in [0.4, 0.5) is 0 Å². The third kappa shape index (κ3) is 3.70. The van der Waals surface area contributed by atoms with Crippen LogP contribution in [0.3, 0.4) is 0 Å². The van der Waals surface area contributed by atoms with Gasteiger partial charge in [-0.2, -0.15) is 0 Å². The fraction of sp³-hybridized carbons (Fsp3) is 0.846. The van der Waals surface area contributed by atoms with Gasteiger partial charge in [-0.15, -0.1) is 0 Å². The van der Waals surface area contributed by atoms with Gasteiger partial charge in [-0.1, -0.05) is 20.3 Å². The van der Waals surface area contributed by atoms with E-state index in [0.29, 0.717) is 6.54 Å². The van der Waals surface area contributed by atoms with Gasteiger partial charge in [-0.05, 0) is 31.7 Å². The minimum absolute atomic E-state index is 0.0155. The van der Waals surface area contributed by atoms with E-state index in [1.165, 1.54) is 0 Å². The van der Waals surface area contributed by atoms with Gasteiger partial charge < -0.3 is 15.7 Å². The van der Waals surface area contributed by atoms with Crippen molar-refractivity contribution in [1.29, 1.82) is 0 Å². The van der Waals surface area contributed by atoms with Gasteiger partial charge in [-0.25, -0.2) is 0 Å². The molecule has 0 radical (unpaired) electrons. The predicted octanol–water partition coefficient (Wildman–Crippen LogP) is 1.14. The van der Waals surface area contributed by atoms with Gasteiger partial charge in [0.15, 0.2) is 0 Å². The fourth-order valence-corrected chi connectivity index (χ4v) is 2.48. The molecule has 1 amide bonds. The summed E-state index contributed by atoms with van der Waals surface area (Å²) in [5.41, 5.74) is -0.429. The second-order valence-electron chi connectivity index (χ2n) is 5.05. The minimum Gasteiger partial charge on any atom is -0.481 e. The number of hydrogen-bond donors (Lipinski definition) is 3. The molecule has 0 saturated carbocycles. The smallest absolute Gasteiger partial charge is 0.303 e. The molecule has 5 heteroatoms. The molecule has 0 aliphatic carbocycles. The Labute approximate surface area is 108 Å². The molecular formula is C13H24N2O3. The average molecular weight is 256 g/mol. The lowest BCUT2D eigenvalue weighted by atomic mass is 9.92. The highest BCUT2D eigenvalue weighted by atomic mass is 16.4. The van der Waals surface area contributed by atoms with Gasteiger partial charge in [0.2, 0.25) is 5.91 Å². The maximum atomic E-state index is 12.2. The Kier molecular flexibility index (Phi) is 5.59. The van der Waals surface area contributed by atoms with Crippen LogP contribution in [0.1, 0.15) is 46.0 Å². The van der Waals surface area contributed by atoms with Crippen molar-refractivity contribution in [3.05, 3.63) is 0 Å². The van der Waals surface area contributed by atoms with Crippen molar-refractivity contribution in [3.63, 3.8) is 0 Å². The molecule has 1 saturated heterocycles.